The maximum Gasteiger partial charge on any atom is 0.303 e. The Balaban J connectivity index is 2.71. The summed E-state index contributed by atoms with van der Waals surface area (Å²) in [6.07, 6.45) is -2.77. The third-order valence-electron chi connectivity index (χ3n) is 2.25. The van der Waals surface area contributed by atoms with Crippen molar-refractivity contribution in [3.05, 3.63) is 0 Å². The van der Waals surface area contributed by atoms with Gasteiger partial charge in [-0.1, -0.05) is 0 Å². The molecule has 0 radical (unpaired) electrons. The summed E-state index contributed by atoms with van der Waals surface area (Å²) in [5.74, 6) is -0.961. The first kappa shape index (κ1) is 12.9. The molecule has 6 nitrogen and oxygen atoms in total. The predicted molar refractivity (Wildman–Crippen MR) is 52.3 cm³/mol. The molecule has 1 fully saturated rings. The molecular formula is C10H16O6. The van der Waals surface area contributed by atoms with Crippen LogP contribution in [0.4, 0.5) is 0 Å². The fourth-order valence-corrected chi connectivity index (χ4v) is 1.71. The molecule has 1 aliphatic rings. The Hall–Kier alpha value is -1.14. The molecule has 0 saturated carbocycles. The number of aliphatic hydroxyl groups is 1. The zero-order valence-electron chi connectivity index (χ0n) is 9.50. The molecule has 1 aliphatic heterocycles. The Morgan fingerprint density at radius 2 is 1.81 bits per heavy atom. The van der Waals surface area contributed by atoms with Gasteiger partial charge in [0.2, 0.25) is 0 Å². The molecule has 0 aromatic carbocycles. The van der Waals surface area contributed by atoms with Crippen molar-refractivity contribution in [3.63, 3.8) is 0 Å². The molecule has 1 saturated heterocycles. The average molecular weight is 232 g/mol. The van der Waals surface area contributed by atoms with Crippen LogP contribution in [0, 0.1) is 0 Å². The maximum atomic E-state index is 10.9. The van der Waals surface area contributed by atoms with Gasteiger partial charge in [0.05, 0.1) is 6.10 Å². The molecule has 0 aliphatic carbocycles. The molecule has 6 heteroatoms. The second-order valence-electron chi connectivity index (χ2n) is 3.75. The van der Waals surface area contributed by atoms with Crippen LogP contribution in [0.2, 0.25) is 0 Å². The smallest absolute Gasteiger partial charge is 0.303 e. The van der Waals surface area contributed by atoms with E-state index < -0.39 is 36.5 Å². The summed E-state index contributed by atoms with van der Waals surface area (Å²) in [7, 11) is 0. The minimum absolute atomic E-state index is 0.0991. The summed E-state index contributed by atoms with van der Waals surface area (Å²) < 4.78 is 15.1. The van der Waals surface area contributed by atoms with Crippen molar-refractivity contribution >= 4 is 11.9 Å². The highest BCUT2D eigenvalue weighted by atomic mass is 16.7. The minimum Gasteiger partial charge on any atom is -0.458 e. The van der Waals surface area contributed by atoms with Crippen LogP contribution < -0.4 is 0 Å². The van der Waals surface area contributed by atoms with Crippen molar-refractivity contribution in [1.82, 2.24) is 0 Å². The van der Waals surface area contributed by atoms with Crippen molar-refractivity contribution < 1.29 is 28.9 Å². The van der Waals surface area contributed by atoms with Gasteiger partial charge in [0.1, 0.15) is 6.10 Å². The Labute approximate surface area is 93.5 Å². The predicted octanol–water partition coefficient (Wildman–Crippen LogP) is -0.0230. The largest absolute Gasteiger partial charge is 0.458 e. The van der Waals surface area contributed by atoms with Crippen LogP contribution in [0.25, 0.3) is 0 Å². The Morgan fingerprint density at radius 1 is 1.25 bits per heavy atom. The Bertz CT molecular complexity index is 276. The van der Waals surface area contributed by atoms with Gasteiger partial charge in [-0.15, -0.1) is 0 Å². The third kappa shape index (κ3) is 3.46. The molecule has 1 heterocycles. The van der Waals surface area contributed by atoms with E-state index in [2.05, 4.69) is 0 Å². The molecule has 0 amide bonds. The number of ether oxygens (including phenoxy) is 3. The summed E-state index contributed by atoms with van der Waals surface area (Å²) in [5, 5.41) is 9.36. The molecule has 0 spiro atoms. The number of esters is 2. The summed E-state index contributed by atoms with van der Waals surface area (Å²) in [4.78, 5) is 21.8. The molecule has 1 unspecified atom stereocenters. The summed E-state index contributed by atoms with van der Waals surface area (Å²) in [5.41, 5.74) is 0. The molecule has 4 atom stereocenters. The summed E-state index contributed by atoms with van der Waals surface area (Å²) in [6, 6.07) is 0. The normalized spacial score (nSPS) is 34.2. The molecule has 0 aromatic rings. The SMILES string of the molecule is CC(=O)O[C@H]1[C@H](C)OC(O)C[C@@H]1OC(C)=O. The first-order valence-corrected chi connectivity index (χ1v) is 5.08. The minimum atomic E-state index is -1.01. The second kappa shape index (κ2) is 5.27. The maximum absolute atomic E-state index is 10.9. The number of carbonyl (C=O) groups excluding carboxylic acids is 2. The number of hydrogen-bond acceptors (Lipinski definition) is 6. The lowest BCUT2D eigenvalue weighted by Crippen LogP contribution is -2.50. The van der Waals surface area contributed by atoms with Gasteiger partial charge in [0.15, 0.2) is 12.4 Å². The van der Waals surface area contributed by atoms with Crippen molar-refractivity contribution in [3.8, 4) is 0 Å². The monoisotopic (exact) mass is 232 g/mol. The molecule has 92 valence electrons. The zero-order chi connectivity index (χ0) is 12.3. The lowest BCUT2D eigenvalue weighted by molar-refractivity contribution is -0.241. The Kier molecular flexibility index (Phi) is 4.26. The van der Waals surface area contributed by atoms with Crippen LogP contribution in [0.5, 0.6) is 0 Å². The van der Waals surface area contributed by atoms with Crippen molar-refractivity contribution in [2.75, 3.05) is 0 Å². The van der Waals surface area contributed by atoms with Crippen LogP contribution in [0.3, 0.4) is 0 Å². The highest BCUT2D eigenvalue weighted by molar-refractivity contribution is 5.67. The van der Waals surface area contributed by atoms with Gasteiger partial charge in [0.25, 0.3) is 0 Å². The fourth-order valence-electron chi connectivity index (χ4n) is 1.71. The van der Waals surface area contributed by atoms with Crippen LogP contribution in [-0.4, -0.2) is 41.6 Å². The first-order valence-electron chi connectivity index (χ1n) is 5.08. The topological polar surface area (TPSA) is 82.1 Å². The van der Waals surface area contributed by atoms with E-state index in [0.717, 1.165) is 0 Å². The average Bonchev–Trinajstić information content (AvgIpc) is 2.09. The van der Waals surface area contributed by atoms with Gasteiger partial charge in [-0.05, 0) is 6.92 Å². The van der Waals surface area contributed by atoms with E-state index in [4.69, 9.17) is 14.2 Å². The van der Waals surface area contributed by atoms with E-state index in [1.54, 1.807) is 6.92 Å². The van der Waals surface area contributed by atoms with E-state index in [1.165, 1.54) is 13.8 Å². The summed E-state index contributed by atoms with van der Waals surface area (Å²) >= 11 is 0. The van der Waals surface area contributed by atoms with Crippen LogP contribution in [-0.2, 0) is 23.8 Å². The van der Waals surface area contributed by atoms with E-state index in [0.29, 0.717) is 0 Å². The van der Waals surface area contributed by atoms with Gasteiger partial charge in [-0.25, -0.2) is 0 Å². The lowest BCUT2D eigenvalue weighted by atomic mass is 10.0. The van der Waals surface area contributed by atoms with Crippen molar-refractivity contribution in [1.29, 1.82) is 0 Å². The molecule has 1 rings (SSSR count). The summed E-state index contributed by atoms with van der Waals surface area (Å²) in [6.45, 7) is 4.17. The van der Waals surface area contributed by atoms with Gasteiger partial charge in [0, 0.05) is 20.3 Å². The van der Waals surface area contributed by atoms with Crippen LogP contribution >= 0.6 is 0 Å². The number of aliphatic hydroxyl groups excluding tert-OH is 1. The van der Waals surface area contributed by atoms with Crippen molar-refractivity contribution in [2.45, 2.75) is 51.8 Å². The highest BCUT2D eigenvalue weighted by Gasteiger charge is 2.40. The van der Waals surface area contributed by atoms with Gasteiger partial charge < -0.3 is 19.3 Å². The fraction of sp³-hybridized carbons (Fsp3) is 0.800. The number of carbonyl (C=O) groups is 2. The van der Waals surface area contributed by atoms with E-state index >= 15 is 0 Å². The highest BCUT2D eigenvalue weighted by Crippen LogP contribution is 2.24. The molecule has 16 heavy (non-hydrogen) atoms. The van der Waals surface area contributed by atoms with Crippen molar-refractivity contribution in [2.24, 2.45) is 0 Å². The second-order valence-corrected chi connectivity index (χ2v) is 3.75. The van der Waals surface area contributed by atoms with E-state index in [1.807, 2.05) is 0 Å². The Morgan fingerprint density at radius 3 is 2.31 bits per heavy atom. The molecular weight excluding hydrogens is 216 g/mol. The van der Waals surface area contributed by atoms with Crippen LogP contribution in [0.15, 0.2) is 0 Å². The molecule has 1 N–H and O–H groups in total. The third-order valence-corrected chi connectivity index (χ3v) is 2.25. The van der Waals surface area contributed by atoms with Crippen LogP contribution in [0.1, 0.15) is 27.2 Å². The standard InChI is InChI=1S/C10H16O6/c1-5-10(16-7(3)12)8(15-6(2)11)4-9(13)14-5/h5,8-10,13H,4H2,1-3H3/t5-,8-,9?,10-/m0/s1. The van der Waals surface area contributed by atoms with E-state index in [-0.39, 0.29) is 6.42 Å². The number of hydrogen-bond donors (Lipinski definition) is 1. The number of rotatable bonds is 2. The first-order chi connectivity index (χ1) is 7.40. The van der Waals surface area contributed by atoms with Gasteiger partial charge in [-0.2, -0.15) is 0 Å². The lowest BCUT2D eigenvalue weighted by Gasteiger charge is -2.37. The molecule has 0 aromatic heterocycles. The van der Waals surface area contributed by atoms with Gasteiger partial charge >= 0.3 is 11.9 Å². The van der Waals surface area contributed by atoms with E-state index in [9.17, 15) is 14.7 Å². The van der Waals surface area contributed by atoms with Gasteiger partial charge in [-0.3, -0.25) is 9.59 Å². The zero-order valence-corrected chi connectivity index (χ0v) is 9.50. The molecule has 0 bridgehead atoms. The quantitative estimate of drug-likeness (QED) is 0.674.